The molecule has 0 unspecified atom stereocenters. The van der Waals surface area contributed by atoms with Gasteiger partial charge in [0.2, 0.25) is 0 Å². The molecule has 0 saturated carbocycles. The van der Waals surface area contributed by atoms with Gasteiger partial charge < -0.3 is 10.6 Å². The van der Waals surface area contributed by atoms with Gasteiger partial charge in [-0.15, -0.1) is 0 Å². The normalized spacial score (nSPS) is 10.2. The Balaban J connectivity index is 2.13. The lowest BCUT2D eigenvalue weighted by molar-refractivity contribution is 0.511. The summed E-state index contributed by atoms with van der Waals surface area (Å²) in [7, 11) is 0. The first-order valence-electron chi connectivity index (χ1n) is 5.45. The first-order chi connectivity index (χ1) is 9.49. The smallest absolute Gasteiger partial charge is 0.182 e. The van der Waals surface area contributed by atoms with Crippen LogP contribution in [0.1, 0.15) is 0 Å². The molecule has 0 saturated heterocycles. The second kappa shape index (κ2) is 5.87. The van der Waals surface area contributed by atoms with Gasteiger partial charge in [0, 0.05) is 0 Å². The molecule has 0 amide bonds. The molecular formula is C13H8F4N2S. The Bertz CT molecular complexity index is 605. The maximum absolute atomic E-state index is 13.4. The molecule has 0 aliphatic heterocycles. The van der Waals surface area contributed by atoms with Crippen LogP contribution < -0.4 is 10.6 Å². The molecule has 20 heavy (non-hydrogen) atoms. The van der Waals surface area contributed by atoms with Crippen molar-refractivity contribution in [2.75, 3.05) is 10.6 Å². The summed E-state index contributed by atoms with van der Waals surface area (Å²) < 4.78 is 52.7. The Morgan fingerprint density at radius 2 is 1.15 bits per heavy atom. The fraction of sp³-hybridized carbons (Fsp3) is 0. The van der Waals surface area contributed by atoms with Crippen LogP contribution in [0.5, 0.6) is 0 Å². The van der Waals surface area contributed by atoms with Crippen LogP contribution in [0.3, 0.4) is 0 Å². The average Bonchev–Trinajstić information content (AvgIpc) is 2.40. The van der Waals surface area contributed by atoms with Crippen LogP contribution in [-0.2, 0) is 0 Å². The van der Waals surface area contributed by atoms with Gasteiger partial charge in [-0.25, -0.2) is 17.6 Å². The quantitative estimate of drug-likeness (QED) is 0.646. The summed E-state index contributed by atoms with van der Waals surface area (Å²) in [6.45, 7) is 0. The van der Waals surface area contributed by atoms with E-state index in [1.54, 1.807) is 0 Å². The minimum Gasteiger partial charge on any atom is -0.330 e. The maximum atomic E-state index is 13.4. The highest BCUT2D eigenvalue weighted by atomic mass is 32.1. The van der Waals surface area contributed by atoms with Crippen molar-refractivity contribution in [3.63, 3.8) is 0 Å². The number of benzene rings is 2. The Morgan fingerprint density at radius 3 is 1.55 bits per heavy atom. The first-order valence-corrected chi connectivity index (χ1v) is 5.86. The Morgan fingerprint density at radius 1 is 0.750 bits per heavy atom. The number of hydrogen-bond donors (Lipinski definition) is 2. The number of rotatable bonds is 2. The molecule has 2 aromatic carbocycles. The lowest BCUT2D eigenvalue weighted by Gasteiger charge is -2.12. The van der Waals surface area contributed by atoms with Crippen LogP contribution in [0, 0.1) is 23.3 Å². The molecule has 0 aliphatic carbocycles. The molecule has 0 radical (unpaired) electrons. The molecule has 2 rings (SSSR count). The van der Waals surface area contributed by atoms with Crippen LogP contribution in [-0.4, -0.2) is 5.11 Å². The fourth-order valence-corrected chi connectivity index (χ4v) is 1.70. The van der Waals surface area contributed by atoms with Crippen LogP contribution in [0.4, 0.5) is 28.9 Å². The standard InChI is InChI=1S/C13H8F4N2S/c14-7-3-1-5-9(11(7)16)18-13(20)19-10-6-2-4-8(15)12(10)17/h1-6H,(H2,18,19,20). The monoisotopic (exact) mass is 300 g/mol. The maximum Gasteiger partial charge on any atom is 0.182 e. The fourth-order valence-electron chi connectivity index (χ4n) is 1.48. The Labute approximate surface area is 117 Å². The van der Waals surface area contributed by atoms with Gasteiger partial charge in [-0.1, -0.05) is 12.1 Å². The van der Waals surface area contributed by atoms with Crippen molar-refractivity contribution in [2.24, 2.45) is 0 Å². The Kier molecular flexibility index (Phi) is 4.19. The molecule has 2 aromatic rings. The van der Waals surface area contributed by atoms with Crippen LogP contribution >= 0.6 is 12.2 Å². The number of thiocarbonyl (C=S) groups is 1. The van der Waals surface area contributed by atoms with Crippen molar-refractivity contribution < 1.29 is 17.6 Å². The number of hydrogen-bond acceptors (Lipinski definition) is 1. The summed E-state index contributed by atoms with van der Waals surface area (Å²) in [5.74, 6) is -4.32. The van der Waals surface area contributed by atoms with E-state index in [9.17, 15) is 17.6 Å². The zero-order valence-corrected chi connectivity index (χ0v) is 10.7. The molecule has 0 fully saturated rings. The van der Waals surface area contributed by atoms with Crippen LogP contribution in [0.2, 0.25) is 0 Å². The first kappa shape index (κ1) is 14.3. The van der Waals surface area contributed by atoms with Crippen molar-refractivity contribution in [2.45, 2.75) is 0 Å². The van der Waals surface area contributed by atoms with Crippen molar-refractivity contribution in [1.29, 1.82) is 0 Å². The topological polar surface area (TPSA) is 24.1 Å². The summed E-state index contributed by atoms with van der Waals surface area (Å²) in [5.41, 5.74) is -0.418. The minimum atomic E-state index is -1.11. The van der Waals surface area contributed by atoms with E-state index in [1.807, 2.05) is 0 Å². The lowest BCUT2D eigenvalue weighted by Crippen LogP contribution is -2.21. The molecule has 0 aromatic heterocycles. The average molecular weight is 300 g/mol. The predicted octanol–water partition coefficient (Wildman–Crippen LogP) is 4.05. The van der Waals surface area contributed by atoms with Crippen molar-refractivity contribution >= 4 is 28.7 Å². The number of halogens is 4. The molecule has 0 bridgehead atoms. The van der Waals surface area contributed by atoms with E-state index >= 15 is 0 Å². The highest BCUT2D eigenvalue weighted by Crippen LogP contribution is 2.19. The Hall–Kier alpha value is -2.15. The van der Waals surface area contributed by atoms with Gasteiger partial charge in [-0.3, -0.25) is 0 Å². The van der Waals surface area contributed by atoms with Gasteiger partial charge in [-0.05, 0) is 36.5 Å². The van der Waals surface area contributed by atoms with Crippen LogP contribution in [0.15, 0.2) is 36.4 Å². The van der Waals surface area contributed by atoms with Crippen molar-refractivity contribution in [1.82, 2.24) is 0 Å². The summed E-state index contributed by atoms with van der Waals surface area (Å²) >= 11 is 4.82. The lowest BCUT2D eigenvalue weighted by atomic mass is 10.3. The van der Waals surface area contributed by atoms with E-state index in [2.05, 4.69) is 10.6 Å². The highest BCUT2D eigenvalue weighted by Gasteiger charge is 2.11. The summed E-state index contributed by atoms with van der Waals surface area (Å²) in [5, 5.41) is 4.53. The second-order valence-electron chi connectivity index (χ2n) is 3.78. The zero-order valence-electron chi connectivity index (χ0n) is 9.88. The van der Waals surface area contributed by atoms with Gasteiger partial charge in [0.25, 0.3) is 0 Å². The number of nitrogens with one attached hydrogen (secondary N) is 2. The third-order valence-corrected chi connectivity index (χ3v) is 2.60. The van der Waals surface area contributed by atoms with Crippen molar-refractivity contribution in [3.8, 4) is 0 Å². The third kappa shape index (κ3) is 3.05. The van der Waals surface area contributed by atoms with E-state index in [1.165, 1.54) is 24.3 Å². The summed E-state index contributed by atoms with van der Waals surface area (Å²) in [4.78, 5) is 0. The van der Waals surface area contributed by atoms with Gasteiger partial charge >= 0.3 is 0 Å². The molecule has 7 heteroatoms. The second-order valence-corrected chi connectivity index (χ2v) is 4.19. The zero-order chi connectivity index (χ0) is 14.7. The summed E-state index contributed by atoms with van der Waals surface area (Å²) in [6.07, 6.45) is 0. The number of anilines is 2. The SMILES string of the molecule is Fc1cccc(NC(=S)Nc2cccc(F)c2F)c1F. The van der Waals surface area contributed by atoms with E-state index in [0.29, 0.717) is 0 Å². The van der Waals surface area contributed by atoms with E-state index in [-0.39, 0.29) is 16.5 Å². The molecule has 2 nitrogen and oxygen atoms in total. The van der Waals surface area contributed by atoms with Gasteiger partial charge in [0.15, 0.2) is 28.4 Å². The van der Waals surface area contributed by atoms with Crippen LogP contribution in [0.25, 0.3) is 0 Å². The highest BCUT2D eigenvalue weighted by molar-refractivity contribution is 7.80. The molecule has 2 N–H and O–H groups in total. The largest absolute Gasteiger partial charge is 0.330 e. The third-order valence-electron chi connectivity index (χ3n) is 2.40. The summed E-state index contributed by atoms with van der Waals surface area (Å²) in [6, 6.07) is 6.98. The molecule has 104 valence electrons. The van der Waals surface area contributed by atoms with Gasteiger partial charge in [0.05, 0.1) is 11.4 Å². The molecule has 0 spiro atoms. The minimum absolute atomic E-state index is 0.195. The van der Waals surface area contributed by atoms with E-state index in [0.717, 1.165) is 12.1 Å². The van der Waals surface area contributed by atoms with Gasteiger partial charge in [-0.2, -0.15) is 0 Å². The van der Waals surface area contributed by atoms with E-state index in [4.69, 9.17) is 12.2 Å². The molecule has 0 aliphatic rings. The molecular weight excluding hydrogens is 292 g/mol. The van der Waals surface area contributed by atoms with Gasteiger partial charge in [0.1, 0.15) is 0 Å². The predicted molar refractivity (Wildman–Crippen MR) is 72.6 cm³/mol. The molecule has 0 atom stereocenters. The molecule has 0 heterocycles. The van der Waals surface area contributed by atoms with E-state index < -0.39 is 23.3 Å². The van der Waals surface area contributed by atoms with Crippen molar-refractivity contribution in [3.05, 3.63) is 59.7 Å².